The number of para-hydroxylation sites is 1. The zero-order chi connectivity index (χ0) is 11.7. The van der Waals surface area contributed by atoms with Gasteiger partial charge < -0.3 is 0 Å². The van der Waals surface area contributed by atoms with Crippen molar-refractivity contribution in [3.8, 4) is 11.3 Å². The number of nitrogens with zero attached hydrogens (tertiary/aromatic N) is 1. The molecule has 0 radical (unpaired) electrons. The molecule has 0 fully saturated rings. The summed E-state index contributed by atoms with van der Waals surface area (Å²) in [5.41, 5.74) is 3.25. The molecule has 0 saturated carbocycles. The summed E-state index contributed by atoms with van der Waals surface area (Å²) in [5, 5.41) is 1.22. The number of halogens is 1. The lowest BCUT2D eigenvalue weighted by Crippen LogP contribution is -1.87. The molecular weight excluding hydrogens is 321 g/mol. The molecule has 82 valence electrons. The van der Waals surface area contributed by atoms with Crippen LogP contribution in [0.15, 0.2) is 60.7 Å². The normalized spacial score (nSPS) is 10.6. The Morgan fingerprint density at radius 3 is 2.35 bits per heavy atom. The maximum atomic E-state index is 4.70. The van der Waals surface area contributed by atoms with Gasteiger partial charge in [-0.1, -0.05) is 48.5 Å². The lowest BCUT2D eigenvalue weighted by atomic mass is 10.1. The number of aromatic nitrogens is 1. The molecule has 0 aliphatic rings. The summed E-state index contributed by atoms with van der Waals surface area (Å²) < 4.78 is 1.24. The first-order valence-corrected chi connectivity index (χ1v) is 6.53. The molecule has 0 unspecified atom stereocenters. The van der Waals surface area contributed by atoms with Crippen LogP contribution >= 0.6 is 22.6 Å². The molecule has 3 rings (SSSR count). The molecular formula is C15H10IN. The van der Waals surface area contributed by atoms with Crippen LogP contribution in [0, 0.1) is 3.57 Å². The quantitative estimate of drug-likeness (QED) is 0.598. The Morgan fingerprint density at radius 2 is 1.53 bits per heavy atom. The number of hydrogen-bond donors (Lipinski definition) is 0. The summed E-state index contributed by atoms with van der Waals surface area (Å²) in [5.74, 6) is 0. The van der Waals surface area contributed by atoms with E-state index in [0.717, 1.165) is 16.8 Å². The number of hydrogen-bond acceptors (Lipinski definition) is 1. The number of pyridine rings is 1. The molecule has 3 aromatic rings. The van der Waals surface area contributed by atoms with E-state index in [4.69, 9.17) is 4.98 Å². The third kappa shape index (κ3) is 2.05. The van der Waals surface area contributed by atoms with Crippen molar-refractivity contribution in [1.29, 1.82) is 0 Å². The van der Waals surface area contributed by atoms with Crippen LogP contribution in [0.4, 0.5) is 0 Å². The maximum absolute atomic E-state index is 4.70. The minimum absolute atomic E-state index is 1.04. The third-order valence-corrected chi connectivity index (χ3v) is 3.63. The molecule has 0 N–H and O–H groups in total. The highest BCUT2D eigenvalue weighted by Gasteiger charge is 2.04. The van der Waals surface area contributed by atoms with E-state index < -0.39 is 0 Å². The van der Waals surface area contributed by atoms with Gasteiger partial charge >= 0.3 is 0 Å². The average molecular weight is 331 g/mol. The number of fused-ring (bicyclic) bond motifs is 1. The molecule has 0 spiro atoms. The second-order valence-corrected chi connectivity index (χ2v) is 5.03. The van der Waals surface area contributed by atoms with Crippen LogP contribution in [0.25, 0.3) is 22.2 Å². The predicted molar refractivity (Wildman–Crippen MR) is 79.9 cm³/mol. The van der Waals surface area contributed by atoms with Gasteiger partial charge in [0.2, 0.25) is 0 Å². The lowest BCUT2D eigenvalue weighted by Gasteiger charge is -2.05. The SMILES string of the molecule is Ic1cc(-c2ccccc2)nc2ccccc12. The molecule has 1 aromatic heterocycles. The second-order valence-electron chi connectivity index (χ2n) is 3.87. The first-order valence-electron chi connectivity index (χ1n) is 5.45. The van der Waals surface area contributed by atoms with Crippen molar-refractivity contribution >= 4 is 33.5 Å². The molecule has 0 bridgehead atoms. The fraction of sp³-hybridized carbons (Fsp3) is 0. The van der Waals surface area contributed by atoms with Gasteiger partial charge in [-0.25, -0.2) is 4.98 Å². The highest BCUT2D eigenvalue weighted by molar-refractivity contribution is 14.1. The van der Waals surface area contributed by atoms with Gasteiger partial charge in [-0.05, 0) is 34.7 Å². The first-order chi connectivity index (χ1) is 8.34. The van der Waals surface area contributed by atoms with E-state index in [1.165, 1.54) is 8.96 Å². The summed E-state index contributed by atoms with van der Waals surface area (Å²) in [4.78, 5) is 4.70. The molecule has 0 aliphatic heterocycles. The summed E-state index contributed by atoms with van der Waals surface area (Å²) in [6.45, 7) is 0. The topological polar surface area (TPSA) is 12.9 Å². The summed E-state index contributed by atoms with van der Waals surface area (Å²) in [6.07, 6.45) is 0. The second kappa shape index (κ2) is 4.45. The van der Waals surface area contributed by atoms with Gasteiger partial charge in [-0.15, -0.1) is 0 Å². The van der Waals surface area contributed by atoms with Gasteiger partial charge in [0.15, 0.2) is 0 Å². The summed E-state index contributed by atoms with van der Waals surface area (Å²) in [6, 6.07) is 20.7. The first kappa shape index (κ1) is 10.7. The molecule has 0 saturated heterocycles. The van der Waals surface area contributed by atoms with Gasteiger partial charge in [0.1, 0.15) is 0 Å². The molecule has 1 heterocycles. The van der Waals surface area contributed by atoms with E-state index in [-0.39, 0.29) is 0 Å². The monoisotopic (exact) mass is 331 g/mol. The minimum atomic E-state index is 1.04. The van der Waals surface area contributed by atoms with Crippen LogP contribution in [-0.2, 0) is 0 Å². The molecule has 0 aliphatic carbocycles. The van der Waals surface area contributed by atoms with Crippen LogP contribution in [0.1, 0.15) is 0 Å². The summed E-state index contributed by atoms with van der Waals surface area (Å²) in [7, 11) is 0. The number of rotatable bonds is 1. The van der Waals surface area contributed by atoms with Gasteiger partial charge in [0.25, 0.3) is 0 Å². The van der Waals surface area contributed by atoms with Gasteiger partial charge in [0, 0.05) is 14.5 Å². The maximum Gasteiger partial charge on any atom is 0.0720 e. The molecule has 1 nitrogen and oxygen atoms in total. The molecule has 17 heavy (non-hydrogen) atoms. The van der Waals surface area contributed by atoms with Crippen LogP contribution in [0.2, 0.25) is 0 Å². The Kier molecular flexibility index (Phi) is 2.81. The Balaban J connectivity index is 2.26. The Labute approximate surface area is 114 Å². The van der Waals surface area contributed by atoms with Crippen LogP contribution in [0.5, 0.6) is 0 Å². The van der Waals surface area contributed by atoms with E-state index in [1.54, 1.807) is 0 Å². The van der Waals surface area contributed by atoms with Crippen LogP contribution in [-0.4, -0.2) is 4.98 Å². The average Bonchev–Trinajstić information content (AvgIpc) is 2.40. The van der Waals surface area contributed by atoms with Crippen molar-refractivity contribution < 1.29 is 0 Å². The predicted octanol–water partition coefficient (Wildman–Crippen LogP) is 4.51. The van der Waals surface area contributed by atoms with Gasteiger partial charge in [-0.3, -0.25) is 0 Å². The van der Waals surface area contributed by atoms with Crippen molar-refractivity contribution in [2.75, 3.05) is 0 Å². The van der Waals surface area contributed by atoms with Gasteiger partial charge in [-0.2, -0.15) is 0 Å². The lowest BCUT2D eigenvalue weighted by molar-refractivity contribution is 1.39. The zero-order valence-corrected chi connectivity index (χ0v) is 11.3. The highest BCUT2D eigenvalue weighted by atomic mass is 127. The smallest absolute Gasteiger partial charge is 0.0720 e. The largest absolute Gasteiger partial charge is 0.248 e. The van der Waals surface area contributed by atoms with E-state index in [2.05, 4.69) is 52.9 Å². The van der Waals surface area contributed by atoms with E-state index >= 15 is 0 Å². The Bertz CT molecular complexity index is 662. The summed E-state index contributed by atoms with van der Waals surface area (Å²) >= 11 is 2.37. The molecule has 2 heteroatoms. The van der Waals surface area contributed by atoms with Crippen molar-refractivity contribution in [1.82, 2.24) is 4.98 Å². The highest BCUT2D eigenvalue weighted by Crippen LogP contribution is 2.25. The van der Waals surface area contributed by atoms with Crippen LogP contribution in [0.3, 0.4) is 0 Å². The number of benzene rings is 2. The van der Waals surface area contributed by atoms with Gasteiger partial charge in [0.05, 0.1) is 11.2 Å². The Hall–Kier alpha value is -1.42. The van der Waals surface area contributed by atoms with Crippen molar-refractivity contribution in [2.45, 2.75) is 0 Å². The van der Waals surface area contributed by atoms with Crippen molar-refractivity contribution in [3.63, 3.8) is 0 Å². The third-order valence-electron chi connectivity index (χ3n) is 2.74. The van der Waals surface area contributed by atoms with Crippen molar-refractivity contribution in [2.24, 2.45) is 0 Å². The van der Waals surface area contributed by atoms with Crippen molar-refractivity contribution in [3.05, 3.63) is 64.2 Å². The molecule has 2 aromatic carbocycles. The Morgan fingerprint density at radius 1 is 0.824 bits per heavy atom. The molecule has 0 amide bonds. The van der Waals surface area contributed by atoms with Crippen LogP contribution < -0.4 is 0 Å². The molecule has 0 atom stereocenters. The van der Waals surface area contributed by atoms with E-state index in [1.807, 2.05) is 30.3 Å². The zero-order valence-electron chi connectivity index (χ0n) is 9.10. The fourth-order valence-corrected chi connectivity index (χ4v) is 2.64. The van der Waals surface area contributed by atoms with E-state index in [0.29, 0.717) is 0 Å². The minimum Gasteiger partial charge on any atom is -0.248 e. The standard InChI is InChI=1S/C15H10IN/c16-13-10-15(11-6-2-1-3-7-11)17-14-9-5-4-8-12(13)14/h1-10H. The van der Waals surface area contributed by atoms with E-state index in [9.17, 15) is 0 Å². The fourth-order valence-electron chi connectivity index (χ4n) is 1.89.